The molecule has 1 aliphatic rings. The smallest absolute Gasteiger partial charge is 0.338 e. The largest absolute Gasteiger partial charge is 0.466 e. The highest BCUT2D eigenvalue weighted by atomic mass is 35.5. The molecule has 0 radical (unpaired) electrons. The summed E-state index contributed by atoms with van der Waals surface area (Å²) in [6, 6.07) is 16.3. The van der Waals surface area contributed by atoms with Crippen LogP contribution in [0.15, 0.2) is 81.7 Å². The maximum Gasteiger partial charge on any atom is 0.338 e. The van der Waals surface area contributed by atoms with Crippen molar-refractivity contribution in [1.82, 2.24) is 4.57 Å². The van der Waals surface area contributed by atoms with Gasteiger partial charge in [-0.05, 0) is 30.2 Å². The van der Waals surface area contributed by atoms with Crippen LogP contribution < -0.4 is 14.9 Å². The number of hydrogen-bond donors (Lipinski definition) is 0. The van der Waals surface area contributed by atoms with Crippen molar-refractivity contribution in [2.75, 3.05) is 7.11 Å². The molecule has 0 aliphatic carbocycles. The standard InChI is InChI=1S/C24H19ClN2O3S/c1-15-20(23(29)30-2)21(17-12-6-7-13-18(17)25)27-22(28)19(31-24(27)26-15)14-8-11-16-9-4-3-5-10-16/h3-14,21H,1-2H3/b11-8+,19-14+/t21-/m0/s1. The van der Waals surface area contributed by atoms with Gasteiger partial charge in [-0.2, -0.15) is 0 Å². The lowest BCUT2D eigenvalue weighted by Gasteiger charge is -2.25. The van der Waals surface area contributed by atoms with Gasteiger partial charge < -0.3 is 4.74 Å². The minimum Gasteiger partial charge on any atom is -0.466 e. The van der Waals surface area contributed by atoms with Crippen molar-refractivity contribution in [3.05, 3.63) is 108 Å². The van der Waals surface area contributed by atoms with Crippen LogP contribution in [0, 0.1) is 0 Å². The highest BCUT2D eigenvalue weighted by molar-refractivity contribution is 7.07. The Kier molecular flexibility index (Phi) is 6.02. The van der Waals surface area contributed by atoms with Gasteiger partial charge in [-0.15, -0.1) is 0 Å². The monoisotopic (exact) mass is 450 g/mol. The van der Waals surface area contributed by atoms with Crippen LogP contribution in [-0.2, 0) is 9.53 Å². The Morgan fingerprint density at radius 1 is 1.16 bits per heavy atom. The van der Waals surface area contributed by atoms with E-state index in [1.54, 1.807) is 31.2 Å². The first-order valence-corrected chi connectivity index (χ1v) is 10.8. The van der Waals surface area contributed by atoms with Gasteiger partial charge in [0.25, 0.3) is 5.56 Å². The number of benzene rings is 2. The van der Waals surface area contributed by atoms with Crippen LogP contribution in [0.4, 0.5) is 0 Å². The van der Waals surface area contributed by atoms with E-state index in [2.05, 4.69) is 4.99 Å². The number of fused-ring (bicyclic) bond motifs is 1. The highest BCUT2D eigenvalue weighted by Gasteiger charge is 2.34. The molecule has 0 spiro atoms. The second-order valence-electron chi connectivity index (χ2n) is 6.89. The number of rotatable bonds is 4. The van der Waals surface area contributed by atoms with Crippen molar-refractivity contribution in [3.8, 4) is 0 Å². The number of carbonyl (C=O) groups excluding carboxylic acids is 1. The van der Waals surface area contributed by atoms with Gasteiger partial charge >= 0.3 is 5.97 Å². The van der Waals surface area contributed by atoms with Crippen LogP contribution in [-0.4, -0.2) is 17.6 Å². The Morgan fingerprint density at radius 2 is 1.87 bits per heavy atom. The average Bonchev–Trinajstić information content (AvgIpc) is 3.08. The van der Waals surface area contributed by atoms with Gasteiger partial charge in [0.05, 0.1) is 22.9 Å². The lowest BCUT2D eigenvalue weighted by molar-refractivity contribution is -0.136. The summed E-state index contributed by atoms with van der Waals surface area (Å²) < 4.78 is 7.03. The lowest BCUT2D eigenvalue weighted by atomic mass is 9.96. The molecule has 2 heterocycles. The second kappa shape index (κ2) is 8.88. The molecule has 0 N–H and O–H groups in total. The molecule has 0 bridgehead atoms. The van der Waals surface area contributed by atoms with Gasteiger partial charge in [0.1, 0.15) is 6.04 Å². The molecule has 0 fully saturated rings. The summed E-state index contributed by atoms with van der Waals surface area (Å²) in [5, 5.41) is 0.460. The maximum atomic E-state index is 13.3. The number of allylic oxidation sites excluding steroid dienone is 2. The van der Waals surface area contributed by atoms with Gasteiger partial charge in [0.2, 0.25) is 0 Å². The van der Waals surface area contributed by atoms with Crippen molar-refractivity contribution in [3.63, 3.8) is 0 Å². The molecular weight excluding hydrogens is 432 g/mol. The summed E-state index contributed by atoms with van der Waals surface area (Å²) in [6.07, 6.45) is 5.52. The molecule has 7 heteroatoms. The van der Waals surface area contributed by atoms with E-state index in [-0.39, 0.29) is 5.56 Å². The molecule has 156 valence electrons. The van der Waals surface area contributed by atoms with E-state index in [1.807, 2.05) is 48.6 Å². The van der Waals surface area contributed by atoms with Crippen LogP contribution in [0.3, 0.4) is 0 Å². The van der Waals surface area contributed by atoms with Gasteiger partial charge in [0, 0.05) is 5.02 Å². The molecule has 4 rings (SSSR count). The van der Waals surface area contributed by atoms with Crippen molar-refractivity contribution >= 4 is 41.1 Å². The molecule has 5 nitrogen and oxygen atoms in total. The van der Waals surface area contributed by atoms with E-state index in [1.165, 1.54) is 23.0 Å². The van der Waals surface area contributed by atoms with Crippen molar-refractivity contribution < 1.29 is 9.53 Å². The van der Waals surface area contributed by atoms with Gasteiger partial charge in [-0.1, -0.05) is 83.6 Å². The SMILES string of the molecule is COC(=O)C1=C(C)N=c2s/c(=C/C=C/c3ccccc3)c(=O)n2[C@H]1c1ccccc1Cl. The van der Waals surface area contributed by atoms with Crippen LogP contribution in [0.2, 0.25) is 5.02 Å². The molecule has 2 aromatic carbocycles. The first kappa shape index (κ1) is 21.0. The third-order valence-electron chi connectivity index (χ3n) is 4.96. The molecular formula is C24H19ClN2O3S. The zero-order chi connectivity index (χ0) is 22.0. The molecule has 0 unspecified atom stereocenters. The average molecular weight is 451 g/mol. The molecule has 31 heavy (non-hydrogen) atoms. The van der Waals surface area contributed by atoms with Crippen LogP contribution >= 0.6 is 22.9 Å². The number of methoxy groups -OCH3 is 1. The summed E-state index contributed by atoms with van der Waals surface area (Å²) in [5.41, 5.74) is 2.25. The van der Waals surface area contributed by atoms with Crippen LogP contribution in [0.5, 0.6) is 0 Å². The Morgan fingerprint density at radius 3 is 2.58 bits per heavy atom. The van der Waals surface area contributed by atoms with Gasteiger partial charge in [0.15, 0.2) is 4.80 Å². The number of ether oxygens (including phenoxy) is 1. The number of nitrogens with zero attached hydrogens (tertiary/aromatic N) is 2. The molecule has 0 amide bonds. The molecule has 1 atom stereocenters. The van der Waals surface area contributed by atoms with E-state index < -0.39 is 12.0 Å². The van der Waals surface area contributed by atoms with E-state index in [0.717, 1.165) is 5.56 Å². The molecule has 1 aromatic heterocycles. The zero-order valence-electron chi connectivity index (χ0n) is 16.9. The van der Waals surface area contributed by atoms with Crippen LogP contribution in [0.25, 0.3) is 12.2 Å². The van der Waals surface area contributed by atoms with Crippen molar-refractivity contribution in [1.29, 1.82) is 0 Å². The fourth-order valence-corrected chi connectivity index (χ4v) is 4.75. The first-order valence-electron chi connectivity index (χ1n) is 9.58. The predicted octanol–water partition coefficient (Wildman–Crippen LogP) is 3.73. The lowest BCUT2D eigenvalue weighted by Crippen LogP contribution is -2.39. The number of thiazole rings is 1. The molecule has 1 aliphatic heterocycles. The maximum absolute atomic E-state index is 13.3. The summed E-state index contributed by atoms with van der Waals surface area (Å²) in [5.74, 6) is -0.538. The summed E-state index contributed by atoms with van der Waals surface area (Å²) >= 11 is 7.73. The molecule has 0 saturated carbocycles. The van der Waals surface area contributed by atoms with Gasteiger partial charge in [-0.25, -0.2) is 9.79 Å². The summed E-state index contributed by atoms with van der Waals surface area (Å²) in [6.45, 7) is 1.74. The Hall–Kier alpha value is -3.22. The number of halogens is 1. The quantitative estimate of drug-likeness (QED) is 0.569. The third kappa shape index (κ3) is 4.04. The molecule has 3 aromatic rings. The van der Waals surface area contributed by atoms with Crippen LogP contribution in [0.1, 0.15) is 24.1 Å². The van der Waals surface area contributed by atoms with Crippen molar-refractivity contribution in [2.24, 2.45) is 4.99 Å². The highest BCUT2D eigenvalue weighted by Crippen LogP contribution is 2.34. The second-order valence-corrected chi connectivity index (χ2v) is 8.30. The number of carbonyl (C=O) groups is 1. The first-order chi connectivity index (χ1) is 15.0. The summed E-state index contributed by atoms with van der Waals surface area (Å²) in [4.78, 5) is 31.0. The molecule has 0 saturated heterocycles. The summed E-state index contributed by atoms with van der Waals surface area (Å²) in [7, 11) is 1.31. The number of aromatic nitrogens is 1. The van der Waals surface area contributed by atoms with E-state index in [9.17, 15) is 9.59 Å². The van der Waals surface area contributed by atoms with E-state index >= 15 is 0 Å². The fraction of sp³-hybridized carbons (Fsp3) is 0.125. The van der Waals surface area contributed by atoms with E-state index in [0.29, 0.717) is 31.2 Å². The number of esters is 1. The number of hydrogen-bond acceptors (Lipinski definition) is 5. The third-order valence-corrected chi connectivity index (χ3v) is 6.31. The van der Waals surface area contributed by atoms with E-state index in [4.69, 9.17) is 16.3 Å². The fourth-order valence-electron chi connectivity index (χ4n) is 3.51. The predicted molar refractivity (Wildman–Crippen MR) is 124 cm³/mol. The topological polar surface area (TPSA) is 60.7 Å². The Bertz CT molecular complexity index is 1380. The Labute approximate surface area is 187 Å². The zero-order valence-corrected chi connectivity index (χ0v) is 18.5. The normalized spacial score (nSPS) is 16.4. The minimum absolute atomic E-state index is 0.236. The Balaban J connectivity index is 1.90. The van der Waals surface area contributed by atoms with Gasteiger partial charge in [-0.3, -0.25) is 9.36 Å². The minimum atomic E-state index is -0.711. The van der Waals surface area contributed by atoms with Crippen molar-refractivity contribution in [2.45, 2.75) is 13.0 Å².